The van der Waals surface area contributed by atoms with E-state index in [-0.39, 0.29) is 11.1 Å². The van der Waals surface area contributed by atoms with Crippen molar-refractivity contribution in [3.05, 3.63) is 36.4 Å². The second kappa shape index (κ2) is 12.0. The van der Waals surface area contributed by atoms with E-state index in [1.165, 1.54) is 0 Å². The molecule has 1 heterocycles. The van der Waals surface area contributed by atoms with Gasteiger partial charge in [-0.15, -0.1) is 0 Å². The first-order valence-corrected chi connectivity index (χ1v) is 11.6. The predicted octanol–water partition coefficient (Wildman–Crippen LogP) is 4.93. The van der Waals surface area contributed by atoms with Crippen molar-refractivity contribution in [1.29, 1.82) is 0 Å². The van der Waals surface area contributed by atoms with Crippen molar-refractivity contribution in [1.82, 2.24) is 0 Å². The van der Waals surface area contributed by atoms with Crippen LogP contribution in [0.3, 0.4) is 0 Å². The molecule has 2 aromatic carbocycles. The third kappa shape index (κ3) is 6.32. The molecular weight excluding hydrogens is 492 g/mol. The number of benzene rings is 2. The number of hydrogen-bond acceptors (Lipinski definition) is 5. The molecule has 1 aliphatic rings. The fourth-order valence-corrected chi connectivity index (χ4v) is 3.92. The standard InChI is InChI=1S/C21H26Br2O5/c22-9-11-24-12-13-25-19-7-1-5-17-16(19)4-2-8-20(17)26-14-15-28-21-18(23)6-3-10-27-21/h1-2,4-5,7-8,18,21H,3,6,9-15H2. The second-order valence-corrected chi connectivity index (χ2v) is 8.34. The summed E-state index contributed by atoms with van der Waals surface area (Å²) >= 11 is 6.95. The predicted molar refractivity (Wildman–Crippen MR) is 117 cm³/mol. The van der Waals surface area contributed by atoms with Crippen LogP contribution in [0.5, 0.6) is 11.5 Å². The van der Waals surface area contributed by atoms with Gasteiger partial charge in [-0.2, -0.15) is 0 Å². The van der Waals surface area contributed by atoms with Gasteiger partial charge in [0.15, 0.2) is 6.29 Å². The average Bonchev–Trinajstić information content (AvgIpc) is 2.72. The van der Waals surface area contributed by atoms with Gasteiger partial charge in [0.1, 0.15) is 24.7 Å². The lowest BCUT2D eigenvalue weighted by atomic mass is 10.1. The maximum Gasteiger partial charge on any atom is 0.170 e. The SMILES string of the molecule is BrCCOCCOc1cccc2c(OCCOC3OCCCC3Br)cccc12. The van der Waals surface area contributed by atoms with Crippen LogP contribution >= 0.6 is 31.9 Å². The lowest BCUT2D eigenvalue weighted by molar-refractivity contribution is -0.160. The van der Waals surface area contributed by atoms with Crippen molar-refractivity contribution in [3.8, 4) is 11.5 Å². The molecule has 0 aromatic heterocycles. The van der Waals surface area contributed by atoms with Crippen LogP contribution in [0.2, 0.25) is 0 Å². The Morgan fingerprint density at radius 2 is 1.57 bits per heavy atom. The van der Waals surface area contributed by atoms with Crippen molar-refractivity contribution in [3.63, 3.8) is 0 Å². The van der Waals surface area contributed by atoms with E-state index in [1.54, 1.807) is 0 Å². The van der Waals surface area contributed by atoms with Gasteiger partial charge in [0.05, 0.1) is 24.6 Å². The third-order valence-corrected chi connectivity index (χ3v) is 5.59. The summed E-state index contributed by atoms with van der Waals surface area (Å²) in [5, 5.41) is 2.88. The van der Waals surface area contributed by atoms with E-state index in [4.69, 9.17) is 23.7 Å². The average molecular weight is 518 g/mol. The van der Waals surface area contributed by atoms with Crippen LogP contribution < -0.4 is 9.47 Å². The van der Waals surface area contributed by atoms with Crippen molar-refractivity contribution in [2.45, 2.75) is 24.0 Å². The number of alkyl halides is 2. The zero-order valence-electron chi connectivity index (χ0n) is 15.8. The molecule has 2 aromatic rings. The maximum absolute atomic E-state index is 5.98. The Hall–Kier alpha value is -0.860. The molecule has 0 bridgehead atoms. The summed E-state index contributed by atoms with van der Waals surface area (Å²) in [5.41, 5.74) is 0. The molecule has 3 rings (SSSR count). The summed E-state index contributed by atoms with van der Waals surface area (Å²) in [5.74, 6) is 1.65. The molecule has 0 aliphatic carbocycles. The zero-order valence-corrected chi connectivity index (χ0v) is 19.0. The molecule has 7 heteroatoms. The molecule has 1 fully saturated rings. The fraction of sp³-hybridized carbons (Fsp3) is 0.524. The summed E-state index contributed by atoms with van der Waals surface area (Å²) in [6.45, 7) is 3.45. The molecule has 5 nitrogen and oxygen atoms in total. The zero-order chi connectivity index (χ0) is 19.6. The number of hydrogen-bond donors (Lipinski definition) is 0. The molecule has 28 heavy (non-hydrogen) atoms. The van der Waals surface area contributed by atoms with Crippen LogP contribution in [-0.4, -0.2) is 56.1 Å². The van der Waals surface area contributed by atoms with Gasteiger partial charge in [0.25, 0.3) is 0 Å². The largest absolute Gasteiger partial charge is 0.491 e. The Morgan fingerprint density at radius 1 is 0.893 bits per heavy atom. The normalized spacial score (nSPS) is 19.6. The van der Waals surface area contributed by atoms with Crippen molar-refractivity contribution < 1.29 is 23.7 Å². The highest BCUT2D eigenvalue weighted by Crippen LogP contribution is 2.32. The van der Waals surface area contributed by atoms with Gasteiger partial charge in [-0.3, -0.25) is 0 Å². The van der Waals surface area contributed by atoms with Crippen LogP contribution in [0, 0.1) is 0 Å². The molecule has 1 aliphatic heterocycles. The fourth-order valence-electron chi connectivity index (χ4n) is 3.06. The highest BCUT2D eigenvalue weighted by Gasteiger charge is 2.23. The molecular formula is C21H26Br2O5. The van der Waals surface area contributed by atoms with E-state index in [0.717, 1.165) is 47.1 Å². The minimum absolute atomic E-state index is 0.198. The quantitative estimate of drug-likeness (QED) is 0.312. The van der Waals surface area contributed by atoms with E-state index in [9.17, 15) is 0 Å². The molecule has 154 valence electrons. The van der Waals surface area contributed by atoms with Gasteiger partial charge in [-0.05, 0) is 25.0 Å². The minimum Gasteiger partial charge on any atom is -0.491 e. The summed E-state index contributed by atoms with van der Waals surface area (Å²) < 4.78 is 28.7. The number of ether oxygens (including phenoxy) is 5. The van der Waals surface area contributed by atoms with Crippen LogP contribution in [0.1, 0.15) is 12.8 Å². The first-order chi connectivity index (χ1) is 13.8. The smallest absolute Gasteiger partial charge is 0.170 e. The Bertz CT molecular complexity index is 727. The summed E-state index contributed by atoms with van der Waals surface area (Å²) in [7, 11) is 0. The molecule has 0 spiro atoms. The van der Waals surface area contributed by atoms with Crippen molar-refractivity contribution in [2.75, 3.05) is 45.0 Å². The first kappa shape index (κ1) is 21.8. The number of rotatable bonds is 11. The highest BCUT2D eigenvalue weighted by atomic mass is 79.9. The molecule has 1 saturated heterocycles. The molecule has 0 radical (unpaired) electrons. The molecule has 0 N–H and O–H groups in total. The van der Waals surface area contributed by atoms with Crippen LogP contribution in [-0.2, 0) is 14.2 Å². The van der Waals surface area contributed by atoms with Crippen LogP contribution in [0.15, 0.2) is 36.4 Å². The lowest BCUT2D eigenvalue weighted by Crippen LogP contribution is -2.33. The van der Waals surface area contributed by atoms with Crippen LogP contribution in [0.4, 0.5) is 0 Å². The molecule has 0 amide bonds. The second-order valence-electron chi connectivity index (χ2n) is 6.37. The Balaban J connectivity index is 1.54. The van der Waals surface area contributed by atoms with E-state index in [0.29, 0.717) is 33.0 Å². The van der Waals surface area contributed by atoms with Gasteiger partial charge in [-0.25, -0.2) is 0 Å². The third-order valence-electron chi connectivity index (χ3n) is 4.37. The van der Waals surface area contributed by atoms with E-state index in [2.05, 4.69) is 31.9 Å². The van der Waals surface area contributed by atoms with Crippen molar-refractivity contribution >= 4 is 42.6 Å². The molecule has 2 atom stereocenters. The number of halogens is 2. The number of fused-ring (bicyclic) bond motifs is 1. The Kier molecular flexibility index (Phi) is 9.34. The highest BCUT2D eigenvalue weighted by molar-refractivity contribution is 9.09. The Morgan fingerprint density at radius 3 is 2.21 bits per heavy atom. The minimum atomic E-state index is -0.198. The van der Waals surface area contributed by atoms with E-state index < -0.39 is 0 Å². The summed E-state index contributed by atoms with van der Waals surface area (Å²) in [6, 6.07) is 12.0. The van der Waals surface area contributed by atoms with E-state index >= 15 is 0 Å². The first-order valence-electron chi connectivity index (χ1n) is 9.58. The Labute approximate surface area is 182 Å². The summed E-state index contributed by atoms with van der Waals surface area (Å²) in [6.07, 6.45) is 1.94. The maximum atomic E-state index is 5.98. The summed E-state index contributed by atoms with van der Waals surface area (Å²) in [4.78, 5) is 0.247. The van der Waals surface area contributed by atoms with Crippen molar-refractivity contribution in [2.24, 2.45) is 0 Å². The van der Waals surface area contributed by atoms with Gasteiger partial charge < -0.3 is 23.7 Å². The van der Waals surface area contributed by atoms with E-state index in [1.807, 2.05) is 36.4 Å². The van der Waals surface area contributed by atoms with Gasteiger partial charge in [0, 0.05) is 22.7 Å². The van der Waals surface area contributed by atoms with Gasteiger partial charge in [-0.1, -0.05) is 56.1 Å². The monoisotopic (exact) mass is 516 g/mol. The molecule has 2 unspecified atom stereocenters. The van der Waals surface area contributed by atoms with Gasteiger partial charge in [0.2, 0.25) is 0 Å². The molecule has 0 saturated carbocycles. The topological polar surface area (TPSA) is 46.2 Å². The lowest BCUT2D eigenvalue weighted by Gasteiger charge is -2.27. The van der Waals surface area contributed by atoms with Crippen LogP contribution in [0.25, 0.3) is 10.8 Å². The van der Waals surface area contributed by atoms with Gasteiger partial charge >= 0.3 is 0 Å².